The molecule has 0 radical (unpaired) electrons. The number of hydrogen-bond acceptors (Lipinski definition) is 8. The molecule has 0 aromatic carbocycles. The Morgan fingerprint density at radius 1 is 0.846 bits per heavy atom. The number of unbranched alkanes of at least 4 members (excludes halogenated alkanes) is 3. The quantitative estimate of drug-likeness (QED) is 0.391. The molecule has 3 heterocycles. The van der Waals surface area contributed by atoms with Crippen LogP contribution in [0.1, 0.15) is 114 Å². The van der Waals surface area contributed by atoms with Crippen LogP contribution in [0, 0.1) is 0 Å². The second-order valence-corrected chi connectivity index (χ2v) is 15.3. The van der Waals surface area contributed by atoms with Crippen LogP contribution in [0.5, 0.6) is 0 Å². The van der Waals surface area contributed by atoms with E-state index < -0.39 is 0 Å². The molecule has 2 saturated heterocycles. The Labute approximate surface area is 239 Å². The Bertz CT molecular complexity index is 896. The predicted molar refractivity (Wildman–Crippen MR) is 164 cm³/mol. The van der Waals surface area contributed by atoms with Gasteiger partial charge in [-0.3, -0.25) is 4.90 Å². The number of anilines is 2. The molecule has 39 heavy (non-hydrogen) atoms. The van der Waals surface area contributed by atoms with Gasteiger partial charge < -0.3 is 19.9 Å². The first kappa shape index (κ1) is 32.0. The molecular weight excluding hydrogens is 486 g/mol. The van der Waals surface area contributed by atoms with Crippen LogP contribution in [0.4, 0.5) is 11.9 Å². The van der Waals surface area contributed by atoms with Crippen molar-refractivity contribution >= 4 is 11.9 Å². The van der Waals surface area contributed by atoms with Gasteiger partial charge in [0.15, 0.2) is 0 Å². The molecule has 3 rings (SSSR count). The maximum Gasteiger partial charge on any atom is 0.230 e. The molecule has 8 heteroatoms. The highest BCUT2D eigenvalue weighted by atomic mass is 16.5. The number of piperidine rings is 1. The maximum atomic E-state index is 5.54. The van der Waals surface area contributed by atoms with Crippen molar-refractivity contribution in [1.29, 1.82) is 0 Å². The van der Waals surface area contributed by atoms with Gasteiger partial charge >= 0.3 is 0 Å². The van der Waals surface area contributed by atoms with Gasteiger partial charge in [-0.25, -0.2) is 0 Å². The molecule has 1 N–H and O–H groups in total. The van der Waals surface area contributed by atoms with Gasteiger partial charge in [-0.1, -0.05) is 33.6 Å². The molecule has 1 aromatic heterocycles. The summed E-state index contributed by atoms with van der Waals surface area (Å²) in [6.45, 7) is 28.3. The number of hydrogen-bond donors (Lipinski definition) is 1. The second kappa shape index (κ2) is 12.6. The van der Waals surface area contributed by atoms with Crippen LogP contribution >= 0.6 is 0 Å². The summed E-state index contributed by atoms with van der Waals surface area (Å²) in [5.74, 6) is 2.42. The van der Waals surface area contributed by atoms with E-state index in [2.05, 4.69) is 96.3 Å². The minimum Gasteiger partial charge on any atom is -0.378 e. The lowest BCUT2D eigenvalue weighted by molar-refractivity contribution is 0.0111. The van der Waals surface area contributed by atoms with Crippen molar-refractivity contribution in [2.75, 3.05) is 56.2 Å². The fourth-order valence-electron chi connectivity index (χ4n) is 6.40. The molecule has 1 aromatic rings. The van der Waals surface area contributed by atoms with E-state index in [9.17, 15) is 0 Å². The van der Waals surface area contributed by atoms with Gasteiger partial charge in [0, 0.05) is 54.8 Å². The molecule has 0 aliphatic carbocycles. The Morgan fingerprint density at radius 3 is 1.95 bits per heavy atom. The average Bonchev–Trinajstić information content (AvgIpc) is 2.80. The van der Waals surface area contributed by atoms with E-state index in [0.717, 1.165) is 57.0 Å². The van der Waals surface area contributed by atoms with E-state index >= 15 is 0 Å². The number of nitrogens with zero attached hydrogens (tertiary/aromatic N) is 6. The molecule has 0 atom stereocenters. The number of morpholine rings is 1. The van der Waals surface area contributed by atoms with Gasteiger partial charge in [-0.2, -0.15) is 15.0 Å². The standard InChI is InChI=1S/C31H59N7O/c1-28(2,3)25-32-26(34-27(33-25)37-18-20-39-21-19-37)36(11)16-14-12-13-15-17-38(29(4,5)6)24-22-30(7,8)35-31(9,10)23-24/h24,35H,12-23H2,1-11H3. The summed E-state index contributed by atoms with van der Waals surface area (Å²) in [4.78, 5) is 21.8. The molecule has 2 aliphatic heterocycles. The third kappa shape index (κ3) is 9.53. The smallest absolute Gasteiger partial charge is 0.230 e. The fourth-order valence-corrected chi connectivity index (χ4v) is 6.40. The van der Waals surface area contributed by atoms with Crippen LogP contribution in [0.15, 0.2) is 0 Å². The van der Waals surface area contributed by atoms with E-state index in [0.29, 0.717) is 6.04 Å². The monoisotopic (exact) mass is 545 g/mol. The molecule has 0 amide bonds. The van der Waals surface area contributed by atoms with Crippen LogP contribution in [0.2, 0.25) is 0 Å². The van der Waals surface area contributed by atoms with Crippen molar-refractivity contribution < 1.29 is 4.74 Å². The zero-order chi connectivity index (χ0) is 29.1. The lowest BCUT2D eigenvalue weighted by Crippen LogP contribution is -2.64. The summed E-state index contributed by atoms with van der Waals surface area (Å²) in [5, 5.41) is 3.86. The van der Waals surface area contributed by atoms with Gasteiger partial charge in [0.1, 0.15) is 5.82 Å². The second-order valence-electron chi connectivity index (χ2n) is 15.3. The topological polar surface area (TPSA) is 69.7 Å². The number of rotatable bonds is 10. The van der Waals surface area contributed by atoms with E-state index in [1.807, 2.05) is 0 Å². The van der Waals surface area contributed by atoms with E-state index in [1.165, 1.54) is 38.6 Å². The summed E-state index contributed by atoms with van der Waals surface area (Å²) in [6.07, 6.45) is 7.26. The molecular formula is C31H59N7O. The van der Waals surface area contributed by atoms with Crippen molar-refractivity contribution in [3.8, 4) is 0 Å². The molecule has 0 bridgehead atoms. The molecule has 2 aliphatic rings. The Hall–Kier alpha value is -1.51. The SMILES string of the molecule is CN(CCCCCCN(C1CC(C)(C)NC(C)(C)C1)C(C)(C)C)c1nc(N2CCOCC2)nc(C(C)(C)C)n1. The number of aromatic nitrogens is 3. The van der Waals surface area contributed by atoms with Crippen molar-refractivity contribution in [2.45, 2.75) is 136 Å². The normalized spacial score (nSPS) is 20.5. The average molecular weight is 546 g/mol. The van der Waals surface area contributed by atoms with Crippen molar-refractivity contribution in [3.05, 3.63) is 5.82 Å². The molecule has 0 unspecified atom stereocenters. The summed E-state index contributed by atoms with van der Waals surface area (Å²) in [7, 11) is 2.12. The van der Waals surface area contributed by atoms with E-state index in [4.69, 9.17) is 19.7 Å². The molecule has 2 fully saturated rings. The van der Waals surface area contributed by atoms with Crippen LogP contribution in [0.25, 0.3) is 0 Å². The van der Waals surface area contributed by atoms with E-state index in [1.54, 1.807) is 0 Å². The van der Waals surface area contributed by atoms with E-state index in [-0.39, 0.29) is 22.0 Å². The van der Waals surface area contributed by atoms with Gasteiger partial charge in [0.2, 0.25) is 11.9 Å². The van der Waals surface area contributed by atoms with Gasteiger partial charge in [-0.15, -0.1) is 0 Å². The van der Waals surface area contributed by atoms with Gasteiger partial charge in [0.25, 0.3) is 0 Å². The minimum atomic E-state index is -0.128. The molecule has 0 saturated carbocycles. The maximum absolute atomic E-state index is 5.54. The van der Waals surface area contributed by atoms with Crippen molar-refractivity contribution in [2.24, 2.45) is 0 Å². The summed E-state index contributed by atoms with van der Waals surface area (Å²) in [6, 6.07) is 0.615. The Balaban J connectivity index is 1.53. The Kier molecular flexibility index (Phi) is 10.3. The highest BCUT2D eigenvalue weighted by Crippen LogP contribution is 2.35. The zero-order valence-corrected chi connectivity index (χ0v) is 27.2. The zero-order valence-electron chi connectivity index (χ0n) is 27.2. The Morgan fingerprint density at radius 2 is 1.41 bits per heavy atom. The lowest BCUT2D eigenvalue weighted by Gasteiger charge is -2.53. The summed E-state index contributed by atoms with van der Waals surface area (Å²) < 4.78 is 5.54. The van der Waals surface area contributed by atoms with Crippen LogP contribution in [0.3, 0.4) is 0 Å². The minimum absolute atomic E-state index is 0.128. The molecule has 8 nitrogen and oxygen atoms in total. The highest BCUT2D eigenvalue weighted by molar-refractivity contribution is 5.40. The van der Waals surface area contributed by atoms with Crippen LogP contribution in [-0.2, 0) is 10.2 Å². The molecule has 0 spiro atoms. The van der Waals surface area contributed by atoms with Crippen LogP contribution in [-0.4, -0.2) is 89.0 Å². The lowest BCUT2D eigenvalue weighted by atomic mass is 9.78. The molecule has 224 valence electrons. The fraction of sp³-hybridized carbons (Fsp3) is 0.903. The summed E-state index contributed by atoms with van der Waals surface area (Å²) in [5.41, 5.74) is 0.390. The van der Waals surface area contributed by atoms with Crippen molar-refractivity contribution in [1.82, 2.24) is 25.2 Å². The van der Waals surface area contributed by atoms with Gasteiger partial charge in [-0.05, 0) is 80.7 Å². The van der Waals surface area contributed by atoms with Crippen molar-refractivity contribution in [3.63, 3.8) is 0 Å². The number of ether oxygens (including phenoxy) is 1. The first-order valence-electron chi connectivity index (χ1n) is 15.3. The number of nitrogens with one attached hydrogen (secondary N) is 1. The third-order valence-corrected chi connectivity index (χ3v) is 8.03. The first-order chi connectivity index (χ1) is 18.0. The highest BCUT2D eigenvalue weighted by Gasteiger charge is 2.42. The predicted octanol–water partition coefficient (Wildman–Crippen LogP) is 5.41. The third-order valence-electron chi connectivity index (χ3n) is 8.03. The van der Waals surface area contributed by atoms with Crippen LogP contribution < -0.4 is 15.1 Å². The van der Waals surface area contributed by atoms with Gasteiger partial charge in [0.05, 0.1) is 13.2 Å². The summed E-state index contributed by atoms with van der Waals surface area (Å²) >= 11 is 0. The first-order valence-corrected chi connectivity index (χ1v) is 15.3. The largest absolute Gasteiger partial charge is 0.378 e.